The molecule has 12 rings (SSSR count). The van der Waals surface area contributed by atoms with Gasteiger partial charge in [-0.05, 0) is 159 Å². The Morgan fingerprint density at radius 1 is 0.500 bits per heavy atom. The summed E-state index contributed by atoms with van der Waals surface area (Å²) in [5, 5.41) is 0. The average Bonchev–Trinajstić information content (AvgIpc) is 3.62. The second-order valence-electron chi connectivity index (χ2n) is 17.4. The molecule has 12 aliphatic rings. The minimum Gasteiger partial charge on any atom is -0.462 e. The van der Waals surface area contributed by atoms with Crippen LogP contribution in [0.15, 0.2) is 0 Å². The molecule has 38 heavy (non-hydrogen) atoms. The van der Waals surface area contributed by atoms with Crippen LogP contribution in [0.2, 0.25) is 0 Å². The van der Waals surface area contributed by atoms with Crippen molar-refractivity contribution in [2.45, 2.75) is 102 Å². The fourth-order valence-electron chi connectivity index (χ4n) is 16.8. The van der Waals surface area contributed by atoms with Gasteiger partial charge in [-0.15, -0.1) is 0 Å². The monoisotopic (exact) mass is 516 g/mol. The molecule has 14 unspecified atom stereocenters. The molecular formula is C34H44O4. The van der Waals surface area contributed by atoms with Crippen molar-refractivity contribution in [1.82, 2.24) is 0 Å². The maximum Gasteiger partial charge on any atom is 0.306 e. The van der Waals surface area contributed by atoms with E-state index in [2.05, 4.69) is 0 Å². The number of carbonyl (C=O) groups excluding carboxylic acids is 2. The molecule has 4 nitrogen and oxygen atoms in total. The van der Waals surface area contributed by atoms with Crippen molar-refractivity contribution >= 4 is 11.9 Å². The van der Waals surface area contributed by atoms with E-state index in [1.165, 1.54) is 57.8 Å². The van der Waals surface area contributed by atoms with Crippen LogP contribution < -0.4 is 0 Å². The predicted octanol–water partition coefficient (Wildman–Crippen LogP) is 6.02. The van der Waals surface area contributed by atoms with E-state index in [4.69, 9.17) is 9.47 Å². The highest BCUT2D eigenvalue weighted by molar-refractivity contribution is 5.72. The molecule has 0 amide bonds. The Labute approximate surface area is 226 Å². The number of esters is 2. The van der Waals surface area contributed by atoms with Crippen molar-refractivity contribution in [3.8, 4) is 0 Å². The van der Waals surface area contributed by atoms with Crippen LogP contribution in [0.5, 0.6) is 0 Å². The van der Waals surface area contributed by atoms with Gasteiger partial charge in [-0.2, -0.15) is 0 Å². The smallest absolute Gasteiger partial charge is 0.306 e. The predicted molar refractivity (Wildman–Crippen MR) is 138 cm³/mol. The van der Waals surface area contributed by atoms with E-state index in [1.54, 1.807) is 0 Å². The van der Waals surface area contributed by atoms with Crippen molar-refractivity contribution in [2.75, 3.05) is 0 Å². The fourth-order valence-corrected chi connectivity index (χ4v) is 16.8. The van der Waals surface area contributed by atoms with Crippen LogP contribution >= 0.6 is 0 Å². The van der Waals surface area contributed by atoms with Gasteiger partial charge in [0.2, 0.25) is 0 Å². The van der Waals surface area contributed by atoms with Crippen LogP contribution in [-0.4, -0.2) is 24.1 Å². The summed E-state index contributed by atoms with van der Waals surface area (Å²) in [6.45, 7) is 0. The second kappa shape index (κ2) is 6.70. The van der Waals surface area contributed by atoms with Crippen LogP contribution in [0.1, 0.15) is 89.9 Å². The topological polar surface area (TPSA) is 52.6 Å². The van der Waals surface area contributed by atoms with Crippen LogP contribution in [0.4, 0.5) is 0 Å². The van der Waals surface area contributed by atoms with Crippen LogP contribution in [-0.2, 0) is 19.1 Å². The van der Waals surface area contributed by atoms with Crippen molar-refractivity contribution in [3.05, 3.63) is 0 Å². The highest BCUT2D eigenvalue weighted by Crippen LogP contribution is 2.82. The van der Waals surface area contributed by atoms with Crippen LogP contribution in [0.25, 0.3) is 0 Å². The molecule has 1 heterocycles. The lowest BCUT2D eigenvalue weighted by molar-refractivity contribution is -0.174. The molecule has 1 saturated heterocycles. The summed E-state index contributed by atoms with van der Waals surface area (Å²) in [6.07, 6.45) is 16.6. The Morgan fingerprint density at radius 2 is 0.947 bits per heavy atom. The van der Waals surface area contributed by atoms with Gasteiger partial charge in [-0.25, -0.2) is 0 Å². The van der Waals surface area contributed by atoms with Crippen LogP contribution in [0.3, 0.4) is 0 Å². The minimum absolute atomic E-state index is 0.0879. The highest BCUT2D eigenvalue weighted by atomic mass is 16.5. The van der Waals surface area contributed by atoms with Gasteiger partial charge in [-0.3, -0.25) is 9.59 Å². The molecule has 0 aromatic rings. The summed E-state index contributed by atoms with van der Waals surface area (Å²) in [6, 6.07) is 0. The van der Waals surface area contributed by atoms with E-state index >= 15 is 0 Å². The third kappa shape index (κ3) is 2.42. The first-order valence-electron chi connectivity index (χ1n) is 16.9. The first-order chi connectivity index (χ1) is 18.5. The molecule has 0 aromatic heterocycles. The van der Waals surface area contributed by atoms with Gasteiger partial charge in [-0.1, -0.05) is 0 Å². The molecule has 11 saturated carbocycles. The lowest BCUT2D eigenvalue weighted by Gasteiger charge is -2.62. The zero-order valence-corrected chi connectivity index (χ0v) is 22.8. The van der Waals surface area contributed by atoms with Crippen molar-refractivity contribution in [1.29, 1.82) is 0 Å². The van der Waals surface area contributed by atoms with E-state index in [0.717, 1.165) is 78.4 Å². The lowest BCUT2D eigenvalue weighted by atomic mass is 9.43. The number of hydrogen-bond donors (Lipinski definition) is 0. The van der Waals surface area contributed by atoms with E-state index in [-0.39, 0.29) is 35.0 Å². The van der Waals surface area contributed by atoms with Gasteiger partial charge >= 0.3 is 11.9 Å². The quantitative estimate of drug-likeness (QED) is 0.370. The van der Waals surface area contributed by atoms with E-state index in [9.17, 15) is 9.59 Å². The molecule has 4 heteroatoms. The van der Waals surface area contributed by atoms with Crippen LogP contribution in [0, 0.1) is 93.7 Å². The summed E-state index contributed by atoms with van der Waals surface area (Å²) in [5.41, 5.74) is 0.176. The maximum absolute atomic E-state index is 13.7. The zero-order valence-electron chi connectivity index (χ0n) is 22.8. The van der Waals surface area contributed by atoms with Gasteiger partial charge in [0.05, 0.1) is 12.8 Å². The van der Waals surface area contributed by atoms with E-state index in [1.807, 2.05) is 0 Å². The molecule has 0 radical (unpaired) electrons. The Hall–Kier alpha value is -1.06. The lowest BCUT2D eigenvalue weighted by Crippen LogP contribution is -2.59. The van der Waals surface area contributed by atoms with Crippen molar-refractivity contribution in [2.24, 2.45) is 93.7 Å². The third-order valence-corrected chi connectivity index (χ3v) is 16.3. The molecular weight excluding hydrogens is 472 g/mol. The minimum atomic E-state index is 0.0879. The Balaban J connectivity index is 0.985. The van der Waals surface area contributed by atoms with E-state index in [0.29, 0.717) is 36.5 Å². The summed E-state index contributed by atoms with van der Waals surface area (Å²) in [5.74, 6) is 11.9. The number of hydrogen-bond acceptors (Lipinski definition) is 4. The van der Waals surface area contributed by atoms with Gasteiger partial charge in [0, 0.05) is 11.8 Å². The summed E-state index contributed by atoms with van der Waals surface area (Å²) < 4.78 is 13.1. The molecule has 2 spiro atoms. The molecule has 11 aliphatic carbocycles. The third-order valence-electron chi connectivity index (χ3n) is 16.3. The van der Waals surface area contributed by atoms with Gasteiger partial charge < -0.3 is 9.47 Å². The zero-order chi connectivity index (χ0) is 24.7. The molecule has 8 bridgehead atoms. The van der Waals surface area contributed by atoms with E-state index < -0.39 is 0 Å². The first-order valence-corrected chi connectivity index (χ1v) is 16.9. The molecule has 1 aliphatic heterocycles. The summed E-state index contributed by atoms with van der Waals surface area (Å²) >= 11 is 0. The fraction of sp³-hybridized carbons (Fsp3) is 0.941. The van der Waals surface area contributed by atoms with Gasteiger partial charge in [0.25, 0.3) is 0 Å². The Bertz CT molecular complexity index is 1050. The highest BCUT2D eigenvalue weighted by Gasteiger charge is 2.78. The average molecular weight is 517 g/mol. The van der Waals surface area contributed by atoms with Crippen molar-refractivity contribution in [3.63, 3.8) is 0 Å². The number of fused-ring (bicyclic) bond motifs is 7. The first kappa shape index (κ1) is 21.7. The normalized spacial score (nSPS) is 67.3. The largest absolute Gasteiger partial charge is 0.462 e. The standard InChI is InChI=1S/C34H44O4/c35-25-12-33-8-15-5-16(9-33)11-34(10-15,14-33)13-26(36)38-24-4-2-18-20-7-22(28(18)24)32-30(20)29-19-6-21(31(29)32)27-17(19)1-3-23(27)37-25/h15-24,27-32H,1-14H2. The molecule has 14 atom stereocenters. The summed E-state index contributed by atoms with van der Waals surface area (Å²) in [7, 11) is 0. The number of ether oxygens (including phenoxy) is 2. The molecule has 12 fully saturated rings. The number of carbonyl (C=O) groups is 2. The molecule has 0 aromatic carbocycles. The summed E-state index contributed by atoms with van der Waals surface area (Å²) in [4.78, 5) is 27.4. The van der Waals surface area contributed by atoms with Gasteiger partial charge in [0.1, 0.15) is 12.2 Å². The molecule has 0 N–H and O–H groups in total. The van der Waals surface area contributed by atoms with Crippen molar-refractivity contribution < 1.29 is 19.1 Å². The Morgan fingerprint density at radius 3 is 1.42 bits per heavy atom. The number of rotatable bonds is 0. The SMILES string of the molecule is O=C1CC23CC4CC(C2)CC(CC(=O)OC2CCC5C6CC(C25)C2C6C5C6CC(C7C(CCC67)O1)C52)(C4)C3. The Kier molecular flexibility index (Phi) is 3.82. The van der Waals surface area contributed by atoms with Gasteiger partial charge in [0.15, 0.2) is 0 Å². The molecule has 204 valence electrons. The second-order valence-corrected chi connectivity index (χ2v) is 17.4. The maximum atomic E-state index is 13.7.